The van der Waals surface area contributed by atoms with Crippen LogP contribution in [0.25, 0.3) is 0 Å². The first kappa shape index (κ1) is 9.90. The molecule has 0 bridgehead atoms. The van der Waals surface area contributed by atoms with Crippen molar-refractivity contribution in [2.45, 2.75) is 45.0 Å². The fraction of sp³-hybridized carbons (Fsp3) is 1.00. The van der Waals surface area contributed by atoms with Crippen LogP contribution in [0.4, 0.5) is 8.78 Å². The summed E-state index contributed by atoms with van der Waals surface area (Å²) in [5.41, 5.74) is -0.958. The molecule has 1 nitrogen and oxygen atoms in total. The first-order valence-corrected chi connectivity index (χ1v) is 4.50. The first-order chi connectivity index (χ1) is 5.52. The lowest BCUT2D eigenvalue weighted by Crippen LogP contribution is -2.43. The van der Waals surface area contributed by atoms with E-state index < -0.39 is 17.9 Å². The van der Waals surface area contributed by atoms with Gasteiger partial charge in [-0.3, -0.25) is 0 Å². The molecule has 0 heterocycles. The zero-order chi connectivity index (χ0) is 9.24. The van der Waals surface area contributed by atoms with Crippen molar-refractivity contribution in [1.29, 1.82) is 0 Å². The Balaban J connectivity index is 2.68. The Morgan fingerprint density at radius 2 is 1.75 bits per heavy atom. The number of hydrogen-bond donors (Lipinski definition) is 1. The molecule has 0 saturated heterocycles. The Kier molecular flexibility index (Phi) is 2.71. The molecule has 1 rings (SSSR count). The quantitative estimate of drug-likeness (QED) is 0.689. The van der Waals surface area contributed by atoms with E-state index >= 15 is 0 Å². The summed E-state index contributed by atoms with van der Waals surface area (Å²) in [6, 6.07) is 0. The average Bonchev–Trinajstić information content (AvgIpc) is 2.06. The molecule has 0 aromatic rings. The number of aliphatic hydroxyl groups excluding tert-OH is 1. The van der Waals surface area contributed by atoms with E-state index in [9.17, 15) is 8.78 Å². The fourth-order valence-electron chi connectivity index (χ4n) is 1.89. The Morgan fingerprint density at radius 1 is 1.25 bits per heavy atom. The highest BCUT2D eigenvalue weighted by atomic mass is 19.3. The van der Waals surface area contributed by atoms with Gasteiger partial charge in [0, 0.05) is 5.41 Å². The van der Waals surface area contributed by atoms with E-state index in [0.717, 1.165) is 19.3 Å². The molecule has 12 heavy (non-hydrogen) atoms. The highest BCUT2D eigenvalue weighted by molar-refractivity contribution is 4.90. The average molecular weight is 178 g/mol. The van der Waals surface area contributed by atoms with Crippen LogP contribution >= 0.6 is 0 Å². The predicted octanol–water partition coefficient (Wildman–Crippen LogP) is 2.58. The highest BCUT2D eigenvalue weighted by Gasteiger charge is 2.49. The van der Waals surface area contributed by atoms with Gasteiger partial charge in [-0.05, 0) is 12.8 Å². The van der Waals surface area contributed by atoms with Crippen LogP contribution in [0.15, 0.2) is 0 Å². The maximum absolute atomic E-state index is 13.2. The fourth-order valence-corrected chi connectivity index (χ4v) is 1.89. The molecule has 1 aliphatic rings. The standard InChI is InChI=1S/C9H16F2O/c1-8(9(10,11)7-12)5-3-2-4-6-8/h12H,2-7H2,1H3. The van der Waals surface area contributed by atoms with Crippen LogP contribution in [0, 0.1) is 5.41 Å². The number of hydrogen-bond acceptors (Lipinski definition) is 1. The third-order valence-corrected chi connectivity index (χ3v) is 3.04. The number of alkyl halides is 2. The minimum Gasteiger partial charge on any atom is -0.390 e. The Bertz CT molecular complexity index is 151. The van der Waals surface area contributed by atoms with Gasteiger partial charge in [0.1, 0.15) is 6.61 Å². The smallest absolute Gasteiger partial charge is 0.275 e. The molecule has 1 aliphatic carbocycles. The second-order valence-electron chi connectivity index (χ2n) is 3.98. The maximum atomic E-state index is 13.2. The first-order valence-electron chi connectivity index (χ1n) is 4.50. The normalized spacial score (nSPS) is 24.0. The summed E-state index contributed by atoms with van der Waals surface area (Å²) in [4.78, 5) is 0. The van der Waals surface area contributed by atoms with E-state index in [1.165, 1.54) is 0 Å². The summed E-state index contributed by atoms with van der Waals surface area (Å²) in [6.45, 7) is 0.575. The largest absolute Gasteiger partial charge is 0.390 e. The second-order valence-corrected chi connectivity index (χ2v) is 3.98. The molecule has 0 atom stereocenters. The SMILES string of the molecule is CC1(C(F)(F)CO)CCCCC1. The van der Waals surface area contributed by atoms with Crippen LogP contribution in [-0.2, 0) is 0 Å². The Morgan fingerprint density at radius 3 is 2.17 bits per heavy atom. The Labute approximate surface area is 71.8 Å². The summed E-state index contributed by atoms with van der Waals surface area (Å²) >= 11 is 0. The van der Waals surface area contributed by atoms with E-state index in [1.807, 2.05) is 0 Å². The molecule has 0 aliphatic heterocycles. The monoisotopic (exact) mass is 178 g/mol. The van der Waals surface area contributed by atoms with Gasteiger partial charge >= 0.3 is 0 Å². The second kappa shape index (κ2) is 3.29. The minimum atomic E-state index is -2.90. The van der Waals surface area contributed by atoms with E-state index in [-0.39, 0.29) is 0 Å². The third-order valence-electron chi connectivity index (χ3n) is 3.04. The molecule has 0 unspecified atom stereocenters. The molecular weight excluding hydrogens is 162 g/mol. The van der Waals surface area contributed by atoms with Gasteiger partial charge in [0.25, 0.3) is 5.92 Å². The predicted molar refractivity (Wildman–Crippen MR) is 43.2 cm³/mol. The molecule has 0 amide bonds. The zero-order valence-corrected chi connectivity index (χ0v) is 7.45. The van der Waals surface area contributed by atoms with E-state index in [1.54, 1.807) is 6.92 Å². The van der Waals surface area contributed by atoms with Crippen LogP contribution < -0.4 is 0 Å². The van der Waals surface area contributed by atoms with E-state index in [4.69, 9.17) is 5.11 Å². The molecular formula is C9H16F2O. The molecule has 1 saturated carbocycles. The molecule has 1 N–H and O–H groups in total. The summed E-state index contributed by atoms with van der Waals surface area (Å²) in [7, 11) is 0. The van der Waals surface area contributed by atoms with Crippen molar-refractivity contribution in [2.75, 3.05) is 6.61 Å². The summed E-state index contributed by atoms with van der Waals surface area (Å²) < 4.78 is 26.3. The number of halogens is 2. The van der Waals surface area contributed by atoms with Gasteiger partial charge < -0.3 is 5.11 Å². The van der Waals surface area contributed by atoms with Gasteiger partial charge in [-0.25, -0.2) is 8.78 Å². The topological polar surface area (TPSA) is 20.2 Å². The molecule has 0 aromatic heterocycles. The zero-order valence-electron chi connectivity index (χ0n) is 7.45. The van der Waals surface area contributed by atoms with Crippen molar-refractivity contribution >= 4 is 0 Å². The molecule has 0 aromatic carbocycles. The molecule has 1 fully saturated rings. The summed E-state index contributed by atoms with van der Waals surface area (Å²) in [5, 5.41) is 8.56. The highest BCUT2D eigenvalue weighted by Crippen LogP contribution is 2.47. The van der Waals surface area contributed by atoms with Crippen molar-refractivity contribution in [2.24, 2.45) is 5.41 Å². The van der Waals surface area contributed by atoms with Gasteiger partial charge in [0.05, 0.1) is 0 Å². The lowest BCUT2D eigenvalue weighted by atomic mass is 9.71. The third kappa shape index (κ3) is 1.60. The van der Waals surface area contributed by atoms with Crippen molar-refractivity contribution in [3.8, 4) is 0 Å². The van der Waals surface area contributed by atoms with Gasteiger partial charge in [-0.2, -0.15) is 0 Å². The van der Waals surface area contributed by atoms with Crippen molar-refractivity contribution in [3.63, 3.8) is 0 Å². The van der Waals surface area contributed by atoms with Gasteiger partial charge in [0.15, 0.2) is 0 Å². The minimum absolute atomic E-state index is 0.542. The van der Waals surface area contributed by atoms with Crippen LogP contribution in [0.1, 0.15) is 39.0 Å². The molecule has 3 heteroatoms. The Hall–Kier alpha value is -0.180. The lowest BCUT2D eigenvalue weighted by molar-refractivity contribution is -0.157. The van der Waals surface area contributed by atoms with Crippen LogP contribution in [-0.4, -0.2) is 17.6 Å². The van der Waals surface area contributed by atoms with Gasteiger partial charge in [-0.1, -0.05) is 26.2 Å². The number of aliphatic hydroxyl groups is 1. The van der Waals surface area contributed by atoms with Crippen LogP contribution in [0.3, 0.4) is 0 Å². The maximum Gasteiger partial charge on any atom is 0.275 e. The van der Waals surface area contributed by atoms with Crippen LogP contribution in [0.2, 0.25) is 0 Å². The number of rotatable bonds is 2. The molecule has 0 radical (unpaired) electrons. The van der Waals surface area contributed by atoms with Crippen molar-refractivity contribution in [1.82, 2.24) is 0 Å². The van der Waals surface area contributed by atoms with Crippen molar-refractivity contribution < 1.29 is 13.9 Å². The van der Waals surface area contributed by atoms with Crippen LogP contribution in [0.5, 0.6) is 0 Å². The van der Waals surface area contributed by atoms with Crippen molar-refractivity contribution in [3.05, 3.63) is 0 Å². The van der Waals surface area contributed by atoms with Gasteiger partial charge in [-0.15, -0.1) is 0 Å². The summed E-state index contributed by atoms with van der Waals surface area (Å²) in [5.74, 6) is -2.90. The lowest BCUT2D eigenvalue weighted by Gasteiger charge is -2.39. The van der Waals surface area contributed by atoms with E-state index in [0.29, 0.717) is 12.8 Å². The van der Waals surface area contributed by atoms with Gasteiger partial charge in [0.2, 0.25) is 0 Å². The molecule has 72 valence electrons. The molecule has 0 spiro atoms. The summed E-state index contributed by atoms with van der Waals surface area (Å²) in [6.07, 6.45) is 3.87. The van der Waals surface area contributed by atoms with E-state index in [2.05, 4.69) is 0 Å².